The topological polar surface area (TPSA) is 94.0 Å². The molecule has 1 N–H and O–H groups in total. The molecule has 0 saturated heterocycles. The van der Waals surface area contributed by atoms with Crippen LogP contribution in [0.4, 0.5) is 0 Å². The van der Waals surface area contributed by atoms with Gasteiger partial charge in [-0.05, 0) is 49.9 Å². The molecular weight excluding hydrogens is 304 g/mol. The summed E-state index contributed by atoms with van der Waals surface area (Å²) in [6.07, 6.45) is 1.21. The quantitative estimate of drug-likeness (QED) is 0.915. The van der Waals surface area contributed by atoms with E-state index in [-0.39, 0.29) is 10.6 Å². The average molecular weight is 322 g/mol. The first-order valence-corrected chi connectivity index (χ1v) is 8.12. The molecule has 1 amide bonds. The third kappa shape index (κ3) is 2.87. The van der Waals surface area contributed by atoms with Gasteiger partial charge >= 0.3 is 0 Å². The molecule has 1 heterocycles. The summed E-state index contributed by atoms with van der Waals surface area (Å²) in [6, 6.07) is 1.92. The van der Waals surface area contributed by atoms with E-state index in [9.17, 15) is 13.2 Å². The van der Waals surface area contributed by atoms with E-state index in [1.54, 1.807) is 20.9 Å². The lowest BCUT2D eigenvalue weighted by Crippen LogP contribution is -2.32. The van der Waals surface area contributed by atoms with Crippen LogP contribution in [0.2, 0.25) is 0 Å². The SMILES string of the molecule is Cc1cc(C)c(C)c(S(=O)(=O)NC(=O)c2cnn(C)n2)c1C. The Morgan fingerprint density at radius 1 is 1.14 bits per heavy atom. The summed E-state index contributed by atoms with van der Waals surface area (Å²) in [5.74, 6) is -0.800. The molecule has 1 aromatic heterocycles. The minimum atomic E-state index is -3.98. The molecule has 0 fully saturated rings. The minimum absolute atomic E-state index is 0.0502. The summed E-state index contributed by atoms with van der Waals surface area (Å²) >= 11 is 0. The zero-order valence-electron chi connectivity index (χ0n) is 13.1. The van der Waals surface area contributed by atoms with Crippen LogP contribution in [0, 0.1) is 27.7 Å². The van der Waals surface area contributed by atoms with Crippen molar-refractivity contribution in [2.24, 2.45) is 7.05 Å². The first-order valence-electron chi connectivity index (χ1n) is 6.64. The summed E-state index contributed by atoms with van der Waals surface area (Å²) in [7, 11) is -2.44. The Balaban J connectivity index is 2.46. The first-order chi connectivity index (χ1) is 10.1. The van der Waals surface area contributed by atoms with Crippen molar-refractivity contribution < 1.29 is 13.2 Å². The fraction of sp³-hybridized carbons (Fsp3) is 0.357. The molecule has 0 atom stereocenters. The number of benzene rings is 1. The smallest absolute Gasteiger partial charge is 0.266 e. The number of carbonyl (C=O) groups is 1. The lowest BCUT2D eigenvalue weighted by atomic mass is 10.0. The molecule has 118 valence electrons. The van der Waals surface area contributed by atoms with Gasteiger partial charge < -0.3 is 0 Å². The number of nitrogens with one attached hydrogen (secondary N) is 1. The Bertz CT molecular complexity index is 827. The third-order valence-electron chi connectivity index (χ3n) is 3.63. The second kappa shape index (κ2) is 5.53. The average Bonchev–Trinajstić information content (AvgIpc) is 2.83. The predicted octanol–water partition coefficient (Wildman–Crippen LogP) is 1.17. The van der Waals surface area contributed by atoms with Gasteiger partial charge in [-0.2, -0.15) is 9.90 Å². The first kappa shape index (κ1) is 16.2. The third-order valence-corrected chi connectivity index (χ3v) is 5.23. The van der Waals surface area contributed by atoms with E-state index in [4.69, 9.17) is 0 Å². The maximum Gasteiger partial charge on any atom is 0.287 e. The number of aromatic nitrogens is 3. The monoisotopic (exact) mass is 322 g/mol. The van der Waals surface area contributed by atoms with Crippen molar-refractivity contribution in [3.63, 3.8) is 0 Å². The van der Waals surface area contributed by atoms with Gasteiger partial charge in [-0.15, -0.1) is 5.10 Å². The molecule has 0 saturated carbocycles. The van der Waals surface area contributed by atoms with Gasteiger partial charge in [0.05, 0.1) is 11.1 Å². The summed E-state index contributed by atoms with van der Waals surface area (Å²) < 4.78 is 27.2. The Morgan fingerprint density at radius 2 is 1.68 bits per heavy atom. The fourth-order valence-electron chi connectivity index (χ4n) is 2.26. The summed E-state index contributed by atoms with van der Waals surface area (Å²) in [6.45, 7) is 7.13. The Labute approximate surface area is 129 Å². The lowest BCUT2D eigenvalue weighted by Gasteiger charge is -2.15. The molecule has 0 aliphatic rings. The number of aryl methyl sites for hydroxylation is 3. The van der Waals surface area contributed by atoms with Crippen molar-refractivity contribution in [2.45, 2.75) is 32.6 Å². The van der Waals surface area contributed by atoms with Crippen LogP contribution in [0.15, 0.2) is 17.2 Å². The van der Waals surface area contributed by atoms with Gasteiger partial charge in [0.1, 0.15) is 0 Å². The number of sulfonamides is 1. The zero-order valence-corrected chi connectivity index (χ0v) is 13.9. The van der Waals surface area contributed by atoms with Crippen LogP contribution < -0.4 is 4.72 Å². The van der Waals surface area contributed by atoms with Crippen LogP contribution in [0.3, 0.4) is 0 Å². The Morgan fingerprint density at radius 3 is 2.14 bits per heavy atom. The molecule has 0 bridgehead atoms. The molecule has 22 heavy (non-hydrogen) atoms. The molecule has 8 heteroatoms. The standard InChI is InChI=1S/C14H18N4O3S/c1-8-6-9(2)11(4)13(10(8)3)22(20,21)17-14(19)12-7-15-18(5)16-12/h6-7H,1-5H3,(H,17,19). The van der Waals surface area contributed by atoms with Gasteiger partial charge in [0.25, 0.3) is 15.9 Å². The predicted molar refractivity (Wildman–Crippen MR) is 81.0 cm³/mol. The van der Waals surface area contributed by atoms with Crippen molar-refractivity contribution in [3.8, 4) is 0 Å². The van der Waals surface area contributed by atoms with Crippen LogP contribution in [0.25, 0.3) is 0 Å². The van der Waals surface area contributed by atoms with Crippen LogP contribution in [-0.4, -0.2) is 29.3 Å². The number of hydrogen-bond acceptors (Lipinski definition) is 5. The van der Waals surface area contributed by atoms with Crippen LogP contribution in [-0.2, 0) is 17.1 Å². The van der Waals surface area contributed by atoms with Crippen LogP contribution in [0.1, 0.15) is 32.7 Å². The van der Waals surface area contributed by atoms with Gasteiger partial charge in [0.15, 0.2) is 5.69 Å². The Kier molecular flexibility index (Phi) is 4.06. The van der Waals surface area contributed by atoms with Gasteiger partial charge in [-0.25, -0.2) is 13.1 Å². The summed E-state index contributed by atoms with van der Waals surface area (Å²) in [5, 5.41) is 7.55. The molecule has 2 rings (SSSR count). The lowest BCUT2D eigenvalue weighted by molar-refractivity contribution is 0.0976. The van der Waals surface area contributed by atoms with Crippen LogP contribution in [0.5, 0.6) is 0 Å². The maximum atomic E-state index is 12.6. The highest BCUT2D eigenvalue weighted by molar-refractivity contribution is 7.90. The van der Waals surface area contributed by atoms with Gasteiger partial charge in [-0.3, -0.25) is 4.79 Å². The second-order valence-electron chi connectivity index (χ2n) is 5.24. The number of hydrogen-bond donors (Lipinski definition) is 1. The number of rotatable bonds is 3. The molecular formula is C14H18N4O3S. The van der Waals surface area contributed by atoms with E-state index in [2.05, 4.69) is 14.9 Å². The zero-order chi connectivity index (χ0) is 16.7. The summed E-state index contributed by atoms with van der Waals surface area (Å²) in [4.78, 5) is 13.4. The van der Waals surface area contributed by atoms with E-state index in [0.717, 1.165) is 11.1 Å². The van der Waals surface area contributed by atoms with Crippen LogP contribution >= 0.6 is 0 Å². The molecule has 0 unspecified atom stereocenters. The van der Waals surface area contributed by atoms with Crippen molar-refractivity contribution in [3.05, 3.63) is 40.2 Å². The minimum Gasteiger partial charge on any atom is -0.266 e. The number of amides is 1. The molecule has 1 aromatic carbocycles. The van der Waals surface area contributed by atoms with E-state index in [1.807, 2.05) is 19.9 Å². The fourth-order valence-corrected chi connectivity index (χ4v) is 3.84. The van der Waals surface area contributed by atoms with E-state index in [1.165, 1.54) is 11.0 Å². The highest BCUT2D eigenvalue weighted by Crippen LogP contribution is 2.25. The van der Waals surface area contributed by atoms with E-state index >= 15 is 0 Å². The van der Waals surface area contributed by atoms with Gasteiger partial charge in [-0.1, -0.05) is 6.07 Å². The van der Waals surface area contributed by atoms with Gasteiger partial charge in [0, 0.05) is 7.05 Å². The maximum absolute atomic E-state index is 12.6. The number of carbonyl (C=O) groups excluding carboxylic acids is 1. The summed E-state index contributed by atoms with van der Waals surface area (Å²) in [5.41, 5.74) is 2.92. The second-order valence-corrected chi connectivity index (χ2v) is 6.86. The molecule has 0 aliphatic heterocycles. The van der Waals surface area contributed by atoms with Crippen molar-refractivity contribution in [1.82, 2.24) is 19.7 Å². The highest BCUT2D eigenvalue weighted by Gasteiger charge is 2.25. The van der Waals surface area contributed by atoms with E-state index in [0.29, 0.717) is 11.1 Å². The molecule has 0 radical (unpaired) electrons. The highest BCUT2D eigenvalue weighted by atomic mass is 32.2. The molecule has 0 aliphatic carbocycles. The van der Waals surface area contributed by atoms with Crippen molar-refractivity contribution in [1.29, 1.82) is 0 Å². The van der Waals surface area contributed by atoms with Crippen molar-refractivity contribution in [2.75, 3.05) is 0 Å². The molecule has 0 spiro atoms. The molecule has 2 aromatic rings. The number of nitrogens with zero attached hydrogens (tertiary/aromatic N) is 3. The Hall–Kier alpha value is -2.22. The largest absolute Gasteiger partial charge is 0.287 e. The van der Waals surface area contributed by atoms with Crippen molar-refractivity contribution >= 4 is 15.9 Å². The molecule has 7 nitrogen and oxygen atoms in total. The normalized spacial score (nSPS) is 11.5. The van der Waals surface area contributed by atoms with Gasteiger partial charge in [0.2, 0.25) is 0 Å². The van der Waals surface area contributed by atoms with E-state index < -0.39 is 15.9 Å².